The van der Waals surface area contributed by atoms with Crippen molar-refractivity contribution in [3.63, 3.8) is 0 Å². The fourth-order valence-corrected chi connectivity index (χ4v) is 2.10. The summed E-state index contributed by atoms with van der Waals surface area (Å²) in [4.78, 5) is 8.99. The van der Waals surface area contributed by atoms with Gasteiger partial charge in [-0.25, -0.2) is 9.97 Å². The Labute approximate surface area is 103 Å². The minimum atomic E-state index is 0.375. The minimum Gasteiger partial charge on any atom is -0.368 e. The first-order valence-corrected chi connectivity index (χ1v) is 6.48. The molecule has 0 aliphatic carbocycles. The molecule has 1 atom stereocenters. The summed E-state index contributed by atoms with van der Waals surface area (Å²) in [5.74, 6) is 2.25. The fraction of sp³-hybridized carbons (Fsp3) is 0.692. The van der Waals surface area contributed by atoms with E-state index in [-0.39, 0.29) is 0 Å². The summed E-state index contributed by atoms with van der Waals surface area (Å²) >= 11 is 0. The zero-order valence-electron chi connectivity index (χ0n) is 11.0. The van der Waals surface area contributed by atoms with Crippen LogP contribution in [0, 0.1) is 6.92 Å². The van der Waals surface area contributed by atoms with Crippen LogP contribution < -0.4 is 10.6 Å². The third-order valence-electron chi connectivity index (χ3n) is 3.08. The quantitative estimate of drug-likeness (QED) is 0.837. The molecule has 17 heavy (non-hydrogen) atoms. The van der Waals surface area contributed by atoms with E-state index in [9.17, 15) is 0 Å². The van der Waals surface area contributed by atoms with Crippen molar-refractivity contribution in [3.8, 4) is 0 Å². The summed E-state index contributed by atoms with van der Waals surface area (Å²) in [7, 11) is 0. The zero-order chi connectivity index (χ0) is 12.3. The first kappa shape index (κ1) is 12.3. The summed E-state index contributed by atoms with van der Waals surface area (Å²) < 4.78 is 0. The number of hydrogen-bond donors (Lipinski definition) is 2. The lowest BCUT2D eigenvalue weighted by molar-refractivity contribution is 0.631. The SMILES string of the molecule is Cc1cc(NCC2CCCN2)nc(C(C)C)n1. The molecule has 4 heteroatoms. The summed E-state index contributed by atoms with van der Waals surface area (Å²) in [5.41, 5.74) is 1.03. The molecule has 1 aromatic rings. The van der Waals surface area contributed by atoms with E-state index in [1.807, 2.05) is 13.0 Å². The molecule has 1 fully saturated rings. The number of aromatic nitrogens is 2. The van der Waals surface area contributed by atoms with Crippen molar-refractivity contribution in [3.05, 3.63) is 17.6 Å². The van der Waals surface area contributed by atoms with Crippen molar-refractivity contribution < 1.29 is 0 Å². The number of anilines is 1. The second kappa shape index (κ2) is 5.45. The zero-order valence-corrected chi connectivity index (χ0v) is 11.0. The maximum atomic E-state index is 4.54. The van der Waals surface area contributed by atoms with Crippen LogP contribution in [-0.2, 0) is 0 Å². The average Bonchev–Trinajstić information content (AvgIpc) is 2.78. The van der Waals surface area contributed by atoms with Gasteiger partial charge >= 0.3 is 0 Å². The molecule has 1 aliphatic rings. The van der Waals surface area contributed by atoms with Gasteiger partial charge in [0.2, 0.25) is 0 Å². The van der Waals surface area contributed by atoms with Crippen LogP contribution in [0.2, 0.25) is 0 Å². The molecular weight excluding hydrogens is 212 g/mol. The first-order valence-electron chi connectivity index (χ1n) is 6.48. The molecule has 2 rings (SSSR count). The van der Waals surface area contributed by atoms with Gasteiger partial charge in [0.15, 0.2) is 0 Å². The second-order valence-electron chi connectivity index (χ2n) is 5.08. The van der Waals surface area contributed by atoms with E-state index >= 15 is 0 Å². The predicted molar refractivity (Wildman–Crippen MR) is 70.4 cm³/mol. The Hall–Kier alpha value is -1.16. The molecule has 4 nitrogen and oxygen atoms in total. The standard InChI is InChI=1S/C13H22N4/c1-9(2)13-16-10(3)7-12(17-13)15-8-11-5-4-6-14-11/h7,9,11,14H,4-6,8H2,1-3H3,(H,15,16,17). The lowest BCUT2D eigenvalue weighted by atomic mass is 10.2. The van der Waals surface area contributed by atoms with Crippen LogP contribution in [0.5, 0.6) is 0 Å². The molecule has 2 heterocycles. The lowest BCUT2D eigenvalue weighted by Gasteiger charge is -2.13. The molecule has 0 bridgehead atoms. The number of aryl methyl sites for hydroxylation is 1. The third-order valence-corrected chi connectivity index (χ3v) is 3.08. The normalized spacial score (nSPS) is 19.9. The van der Waals surface area contributed by atoms with Gasteiger partial charge in [0.1, 0.15) is 11.6 Å². The highest BCUT2D eigenvalue weighted by atomic mass is 15.1. The van der Waals surface area contributed by atoms with Crippen LogP contribution >= 0.6 is 0 Å². The number of nitrogens with zero attached hydrogens (tertiary/aromatic N) is 2. The monoisotopic (exact) mass is 234 g/mol. The van der Waals surface area contributed by atoms with Gasteiger partial charge in [0, 0.05) is 30.3 Å². The maximum absolute atomic E-state index is 4.54. The molecule has 94 valence electrons. The van der Waals surface area contributed by atoms with Crippen molar-refractivity contribution >= 4 is 5.82 Å². The van der Waals surface area contributed by atoms with Crippen LogP contribution in [0.4, 0.5) is 5.82 Å². The molecule has 0 aromatic carbocycles. The molecule has 0 saturated carbocycles. The van der Waals surface area contributed by atoms with Crippen LogP contribution in [0.25, 0.3) is 0 Å². The molecule has 1 aliphatic heterocycles. The van der Waals surface area contributed by atoms with Crippen molar-refractivity contribution in [1.29, 1.82) is 0 Å². The molecule has 1 saturated heterocycles. The van der Waals surface area contributed by atoms with Crippen molar-refractivity contribution in [1.82, 2.24) is 15.3 Å². The molecule has 0 radical (unpaired) electrons. The highest BCUT2D eigenvalue weighted by molar-refractivity contribution is 5.36. The Morgan fingerprint density at radius 2 is 2.29 bits per heavy atom. The second-order valence-corrected chi connectivity index (χ2v) is 5.08. The van der Waals surface area contributed by atoms with Crippen molar-refractivity contribution in [2.45, 2.75) is 45.6 Å². The van der Waals surface area contributed by atoms with Gasteiger partial charge in [-0.15, -0.1) is 0 Å². The van der Waals surface area contributed by atoms with E-state index in [1.54, 1.807) is 0 Å². The van der Waals surface area contributed by atoms with Gasteiger partial charge in [-0.2, -0.15) is 0 Å². The Morgan fingerprint density at radius 3 is 2.94 bits per heavy atom. The molecule has 1 unspecified atom stereocenters. The van der Waals surface area contributed by atoms with E-state index < -0.39 is 0 Å². The molecule has 1 aromatic heterocycles. The van der Waals surface area contributed by atoms with Crippen LogP contribution in [-0.4, -0.2) is 29.1 Å². The summed E-state index contributed by atoms with van der Waals surface area (Å²) in [6, 6.07) is 2.61. The Kier molecular flexibility index (Phi) is 3.94. The molecule has 0 spiro atoms. The predicted octanol–water partition coefficient (Wildman–Crippen LogP) is 2.07. The number of rotatable bonds is 4. The topological polar surface area (TPSA) is 49.8 Å². The third kappa shape index (κ3) is 3.40. The maximum Gasteiger partial charge on any atom is 0.133 e. The molecule has 0 amide bonds. The number of hydrogen-bond acceptors (Lipinski definition) is 4. The Balaban J connectivity index is 1.99. The van der Waals surface area contributed by atoms with Crippen molar-refractivity contribution in [2.24, 2.45) is 0 Å². The Morgan fingerprint density at radius 1 is 1.47 bits per heavy atom. The van der Waals surface area contributed by atoms with Gasteiger partial charge in [-0.05, 0) is 26.3 Å². The van der Waals surface area contributed by atoms with Crippen LogP contribution in [0.15, 0.2) is 6.07 Å². The largest absolute Gasteiger partial charge is 0.368 e. The summed E-state index contributed by atoms with van der Waals surface area (Å²) in [5, 5.41) is 6.88. The van der Waals surface area contributed by atoms with E-state index in [4.69, 9.17) is 0 Å². The van der Waals surface area contributed by atoms with Crippen molar-refractivity contribution in [2.75, 3.05) is 18.4 Å². The van der Waals surface area contributed by atoms with E-state index in [2.05, 4.69) is 34.4 Å². The van der Waals surface area contributed by atoms with Gasteiger partial charge < -0.3 is 10.6 Å². The fourth-order valence-electron chi connectivity index (χ4n) is 2.10. The van der Waals surface area contributed by atoms with Crippen LogP contribution in [0.3, 0.4) is 0 Å². The van der Waals surface area contributed by atoms with Gasteiger partial charge in [0.05, 0.1) is 0 Å². The van der Waals surface area contributed by atoms with Gasteiger partial charge in [0.25, 0.3) is 0 Å². The van der Waals surface area contributed by atoms with Gasteiger partial charge in [-0.3, -0.25) is 0 Å². The van der Waals surface area contributed by atoms with E-state index in [1.165, 1.54) is 12.8 Å². The smallest absolute Gasteiger partial charge is 0.133 e. The van der Waals surface area contributed by atoms with E-state index in [0.717, 1.165) is 30.4 Å². The highest BCUT2D eigenvalue weighted by Gasteiger charge is 2.14. The van der Waals surface area contributed by atoms with Gasteiger partial charge in [-0.1, -0.05) is 13.8 Å². The number of nitrogens with one attached hydrogen (secondary N) is 2. The molecular formula is C13H22N4. The Bertz CT molecular complexity index is 370. The first-order chi connectivity index (χ1) is 8.15. The highest BCUT2D eigenvalue weighted by Crippen LogP contribution is 2.14. The lowest BCUT2D eigenvalue weighted by Crippen LogP contribution is -2.29. The minimum absolute atomic E-state index is 0.375. The van der Waals surface area contributed by atoms with E-state index in [0.29, 0.717) is 12.0 Å². The summed E-state index contributed by atoms with van der Waals surface area (Å²) in [6.45, 7) is 8.36. The summed E-state index contributed by atoms with van der Waals surface area (Å²) in [6.07, 6.45) is 2.54. The molecule has 2 N–H and O–H groups in total. The average molecular weight is 234 g/mol. The van der Waals surface area contributed by atoms with Crippen LogP contribution in [0.1, 0.15) is 44.1 Å².